The summed E-state index contributed by atoms with van der Waals surface area (Å²) in [5, 5.41) is 5.29. The van der Waals surface area contributed by atoms with Crippen molar-refractivity contribution in [1.29, 1.82) is 0 Å². The van der Waals surface area contributed by atoms with E-state index < -0.39 is 5.79 Å². The Morgan fingerprint density at radius 2 is 1.71 bits per heavy atom. The Kier molecular flexibility index (Phi) is 9.64. The largest absolute Gasteiger partial charge is 0.475 e. The maximum absolute atomic E-state index is 12.8. The van der Waals surface area contributed by atoms with Crippen LogP contribution in [-0.4, -0.2) is 74.4 Å². The van der Waals surface area contributed by atoms with Crippen molar-refractivity contribution in [3.05, 3.63) is 112 Å². The number of hydrogen-bond acceptors (Lipinski definition) is 9. The van der Waals surface area contributed by atoms with Crippen molar-refractivity contribution < 1.29 is 14.2 Å². The van der Waals surface area contributed by atoms with E-state index in [1.54, 1.807) is 35.6 Å². The summed E-state index contributed by atoms with van der Waals surface area (Å²) < 4.78 is 23.8. The minimum absolute atomic E-state index is 0.0618. The van der Waals surface area contributed by atoms with Gasteiger partial charge >= 0.3 is 5.69 Å². The van der Waals surface area contributed by atoms with Crippen molar-refractivity contribution in [2.24, 2.45) is 0 Å². The van der Waals surface area contributed by atoms with Crippen molar-refractivity contribution in [2.75, 3.05) is 49.2 Å². The highest BCUT2D eigenvalue weighted by Crippen LogP contribution is 2.40. The summed E-state index contributed by atoms with van der Waals surface area (Å²) in [6.45, 7) is 8.41. The molecule has 7 rings (SSSR count). The lowest BCUT2D eigenvalue weighted by molar-refractivity contribution is -0.189. The van der Waals surface area contributed by atoms with Crippen LogP contribution in [0.15, 0.2) is 90.6 Å². The van der Waals surface area contributed by atoms with E-state index in [4.69, 9.17) is 37.4 Å². The van der Waals surface area contributed by atoms with Gasteiger partial charge in [0.25, 0.3) is 0 Å². The number of rotatable bonds is 11. The van der Waals surface area contributed by atoms with Crippen molar-refractivity contribution in [3.63, 3.8) is 0 Å². The fourth-order valence-electron chi connectivity index (χ4n) is 6.21. The average Bonchev–Trinajstić information content (AvgIpc) is 3.88. The molecule has 2 aliphatic heterocycles. The summed E-state index contributed by atoms with van der Waals surface area (Å²) in [6, 6.07) is 17.4. The first-order valence-electron chi connectivity index (χ1n) is 16.4. The number of hydrogen-bond donors (Lipinski definition) is 0. The molecule has 12 nitrogen and oxygen atoms in total. The summed E-state index contributed by atoms with van der Waals surface area (Å²) in [5.41, 5.74) is 3.54. The Hall–Kier alpha value is -4.36. The standard InChI is InChI=1S/C35H38Cl2N8O4/c1-3-25(2)45-34(46)44(24-40-45)28-7-5-27(6-8-28)42-14-16-43(17-15-42)29-9-11-33(39-19-29)47-20-30-21-48-35(49-30,22-41-13-12-38-23-41)31-10-4-26(36)18-32(31)37/h4-13,18-19,23-25,30H,3,14-17,20-22H2,1-2H3/t25-,30+,35+/m0/s1. The molecule has 14 heteroatoms. The van der Waals surface area contributed by atoms with E-state index in [0.29, 0.717) is 34.6 Å². The minimum Gasteiger partial charge on any atom is -0.475 e. The summed E-state index contributed by atoms with van der Waals surface area (Å²) in [6.07, 6.45) is 9.21. The number of piperazine rings is 1. The number of benzene rings is 2. The normalized spacial score (nSPS) is 20.1. The maximum Gasteiger partial charge on any atom is 0.350 e. The maximum atomic E-state index is 12.8. The first-order chi connectivity index (χ1) is 23.8. The Labute approximate surface area is 294 Å². The van der Waals surface area contributed by atoms with Gasteiger partial charge in [-0.3, -0.25) is 0 Å². The molecule has 0 amide bonds. The zero-order valence-electron chi connectivity index (χ0n) is 27.4. The van der Waals surface area contributed by atoms with Crippen LogP contribution in [0.2, 0.25) is 10.0 Å². The molecule has 5 heterocycles. The van der Waals surface area contributed by atoms with Gasteiger partial charge in [-0.1, -0.05) is 36.2 Å². The molecular formula is C35H38Cl2N8O4. The lowest BCUT2D eigenvalue weighted by Crippen LogP contribution is -2.46. The van der Waals surface area contributed by atoms with Gasteiger partial charge in [0.1, 0.15) is 19.0 Å². The van der Waals surface area contributed by atoms with Crippen LogP contribution in [0.3, 0.4) is 0 Å². The Morgan fingerprint density at radius 1 is 0.980 bits per heavy atom. The molecule has 2 fully saturated rings. The molecule has 5 aromatic rings. The second kappa shape index (κ2) is 14.2. The molecule has 0 radical (unpaired) electrons. The predicted octanol–water partition coefficient (Wildman–Crippen LogP) is 5.58. The van der Waals surface area contributed by atoms with E-state index in [1.165, 1.54) is 4.68 Å². The van der Waals surface area contributed by atoms with Gasteiger partial charge in [0.15, 0.2) is 0 Å². The van der Waals surface area contributed by atoms with Gasteiger partial charge in [0.2, 0.25) is 11.7 Å². The molecule has 0 spiro atoms. The number of nitrogens with zero attached hydrogens (tertiary/aromatic N) is 8. The zero-order chi connectivity index (χ0) is 34.0. The number of anilines is 2. The third-order valence-electron chi connectivity index (χ3n) is 9.13. The molecule has 49 heavy (non-hydrogen) atoms. The monoisotopic (exact) mass is 704 g/mol. The first kappa shape index (κ1) is 33.2. The molecule has 0 unspecified atom stereocenters. The van der Waals surface area contributed by atoms with Crippen LogP contribution in [0.1, 0.15) is 31.9 Å². The molecular weight excluding hydrogens is 667 g/mol. The number of halogens is 2. The van der Waals surface area contributed by atoms with Crippen LogP contribution in [0.25, 0.3) is 5.69 Å². The molecule has 2 saturated heterocycles. The van der Waals surface area contributed by atoms with E-state index in [-0.39, 0.29) is 24.4 Å². The van der Waals surface area contributed by atoms with E-state index in [1.807, 2.05) is 61.1 Å². The van der Waals surface area contributed by atoms with Gasteiger partial charge in [-0.2, -0.15) is 5.10 Å². The van der Waals surface area contributed by atoms with Crippen molar-refractivity contribution in [3.8, 4) is 11.6 Å². The molecule has 0 aliphatic carbocycles. The lowest BCUT2D eigenvalue weighted by Gasteiger charge is -2.37. The van der Waals surface area contributed by atoms with Crippen LogP contribution >= 0.6 is 23.2 Å². The van der Waals surface area contributed by atoms with E-state index in [2.05, 4.69) is 37.0 Å². The van der Waals surface area contributed by atoms with Crippen molar-refractivity contribution >= 4 is 34.6 Å². The summed E-state index contributed by atoms with van der Waals surface area (Å²) in [4.78, 5) is 26.2. The molecule has 256 valence electrons. The molecule has 0 bridgehead atoms. The van der Waals surface area contributed by atoms with Gasteiger partial charge in [-0.25, -0.2) is 24.0 Å². The predicted molar refractivity (Wildman–Crippen MR) is 188 cm³/mol. The number of ether oxygens (including phenoxy) is 3. The quantitative estimate of drug-likeness (QED) is 0.174. The molecule has 0 saturated carbocycles. The fraction of sp³-hybridized carbons (Fsp3) is 0.371. The topological polar surface area (TPSA) is 105 Å². The second-order valence-corrected chi connectivity index (χ2v) is 13.1. The van der Waals surface area contributed by atoms with Crippen LogP contribution < -0.4 is 20.2 Å². The van der Waals surface area contributed by atoms with E-state index in [0.717, 1.165) is 49.7 Å². The average molecular weight is 706 g/mol. The molecule has 3 atom stereocenters. The fourth-order valence-corrected chi connectivity index (χ4v) is 6.77. The summed E-state index contributed by atoms with van der Waals surface area (Å²) in [7, 11) is 0. The molecule has 2 aromatic carbocycles. The van der Waals surface area contributed by atoms with Crippen LogP contribution in [0, 0.1) is 0 Å². The summed E-state index contributed by atoms with van der Waals surface area (Å²) >= 11 is 12.8. The Balaban J connectivity index is 0.925. The molecule has 3 aromatic heterocycles. The highest BCUT2D eigenvalue weighted by Gasteiger charge is 2.45. The highest BCUT2D eigenvalue weighted by molar-refractivity contribution is 6.35. The molecule has 0 N–H and O–H groups in total. The number of aromatic nitrogens is 6. The van der Waals surface area contributed by atoms with Crippen LogP contribution in [0.5, 0.6) is 5.88 Å². The second-order valence-electron chi connectivity index (χ2n) is 12.3. The minimum atomic E-state index is -1.12. The van der Waals surface area contributed by atoms with Gasteiger partial charge in [0.05, 0.1) is 48.1 Å². The van der Waals surface area contributed by atoms with Gasteiger partial charge in [0, 0.05) is 60.9 Å². The lowest BCUT2D eigenvalue weighted by atomic mass is 10.1. The number of imidazole rings is 1. The smallest absolute Gasteiger partial charge is 0.350 e. The van der Waals surface area contributed by atoms with Crippen LogP contribution in [-0.2, 0) is 21.8 Å². The van der Waals surface area contributed by atoms with Gasteiger partial charge in [-0.05, 0) is 55.8 Å². The Morgan fingerprint density at radius 3 is 2.39 bits per heavy atom. The third kappa shape index (κ3) is 7.04. The van der Waals surface area contributed by atoms with E-state index >= 15 is 0 Å². The van der Waals surface area contributed by atoms with Gasteiger partial charge < -0.3 is 28.6 Å². The number of pyridine rings is 1. The first-order valence-corrected chi connectivity index (χ1v) is 17.2. The summed E-state index contributed by atoms with van der Waals surface area (Å²) in [5.74, 6) is -0.606. The molecule has 2 aliphatic rings. The Bertz CT molecular complexity index is 1910. The zero-order valence-corrected chi connectivity index (χ0v) is 28.9. The van der Waals surface area contributed by atoms with Gasteiger partial charge in [-0.15, -0.1) is 0 Å². The third-order valence-corrected chi connectivity index (χ3v) is 9.68. The highest BCUT2D eigenvalue weighted by atomic mass is 35.5. The van der Waals surface area contributed by atoms with Crippen molar-refractivity contribution in [2.45, 2.75) is 44.7 Å². The van der Waals surface area contributed by atoms with Crippen LogP contribution in [0.4, 0.5) is 11.4 Å². The van der Waals surface area contributed by atoms with Crippen molar-refractivity contribution in [1.82, 2.24) is 28.9 Å². The SMILES string of the molecule is CC[C@H](C)n1ncn(-c2ccc(N3CCN(c4ccc(OC[C@@H]5CO[C@@](Cn6ccnc6)(c6ccc(Cl)cc6Cl)O5)nc4)CC3)cc2)c1=O. The van der Waals surface area contributed by atoms with E-state index in [9.17, 15) is 4.79 Å².